The Morgan fingerprint density at radius 2 is 2.00 bits per heavy atom. The van der Waals surface area contributed by atoms with E-state index >= 15 is 0 Å². The second-order valence-electron chi connectivity index (χ2n) is 4.51. The average molecular weight is 243 g/mol. The highest BCUT2D eigenvalue weighted by Gasteiger charge is 2.13. The third kappa shape index (κ3) is 2.80. The lowest BCUT2D eigenvalue weighted by Crippen LogP contribution is -2.26. The number of rotatable bonds is 3. The van der Waals surface area contributed by atoms with Crippen LogP contribution in [0.15, 0.2) is 40.8 Å². The number of hydrogen-bond donors (Lipinski definition) is 1. The van der Waals surface area contributed by atoms with Gasteiger partial charge in [-0.25, -0.2) is 0 Å². The van der Waals surface area contributed by atoms with E-state index < -0.39 is 0 Å². The van der Waals surface area contributed by atoms with Crippen LogP contribution < -0.4 is 5.32 Å². The number of amides is 1. The zero-order valence-corrected chi connectivity index (χ0v) is 10.9. The van der Waals surface area contributed by atoms with Crippen LogP contribution in [0.3, 0.4) is 0 Å². The molecule has 1 heterocycles. The van der Waals surface area contributed by atoms with E-state index in [-0.39, 0.29) is 11.9 Å². The van der Waals surface area contributed by atoms with Gasteiger partial charge in [0.2, 0.25) is 0 Å². The van der Waals surface area contributed by atoms with E-state index in [0.717, 1.165) is 17.1 Å². The number of carbonyl (C=O) groups excluding carboxylic acids is 1. The van der Waals surface area contributed by atoms with Crippen LogP contribution in [0.4, 0.5) is 0 Å². The summed E-state index contributed by atoms with van der Waals surface area (Å²) in [4.78, 5) is 12.0. The summed E-state index contributed by atoms with van der Waals surface area (Å²) in [6.07, 6.45) is 0. The number of hydrogen-bond acceptors (Lipinski definition) is 2. The second-order valence-corrected chi connectivity index (χ2v) is 4.51. The Morgan fingerprint density at radius 1 is 1.22 bits per heavy atom. The lowest BCUT2D eigenvalue weighted by atomic mass is 10.1. The fourth-order valence-electron chi connectivity index (χ4n) is 1.82. The Kier molecular flexibility index (Phi) is 3.51. The van der Waals surface area contributed by atoms with E-state index in [1.807, 2.05) is 57.2 Å². The Balaban J connectivity index is 2.08. The van der Waals surface area contributed by atoms with Gasteiger partial charge < -0.3 is 9.73 Å². The van der Waals surface area contributed by atoms with Gasteiger partial charge in [-0.1, -0.05) is 17.7 Å². The number of furan rings is 1. The molecule has 0 aliphatic carbocycles. The van der Waals surface area contributed by atoms with E-state index in [1.54, 1.807) is 0 Å². The highest BCUT2D eigenvalue weighted by molar-refractivity contribution is 5.94. The van der Waals surface area contributed by atoms with Crippen LogP contribution in [0, 0.1) is 13.8 Å². The fourth-order valence-corrected chi connectivity index (χ4v) is 1.82. The summed E-state index contributed by atoms with van der Waals surface area (Å²) in [5.74, 6) is 1.54. The highest BCUT2D eigenvalue weighted by atomic mass is 16.3. The molecule has 0 aliphatic rings. The molecule has 1 amide bonds. The van der Waals surface area contributed by atoms with Gasteiger partial charge in [0.15, 0.2) is 0 Å². The summed E-state index contributed by atoms with van der Waals surface area (Å²) in [7, 11) is 0. The monoisotopic (exact) mass is 243 g/mol. The number of benzene rings is 1. The number of aryl methyl sites for hydroxylation is 2. The van der Waals surface area contributed by atoms with Crippen LogP contribution in [0.25, 0.3) is 0 Å². The lowest BCUT2D eigenvalue weighted by molar-refractivity contribution is 0.0935. The third-order valence-electron chi connectivity index (χ3n) is 2.82. The molecule has 1 N–H and O–H groups in total. The second kappa shape index (κ2) is 5.08. The van der Waals surface area contributed by atoms with Crippen molar-refractivity contribution in [3.63, 3.8) is 0 Å². The number of nitrogens with one attached hydrogen (secondary N) is 1. The summed E-state index contributed by atoms with van der Waals surface area (Å²) in [5.41, 5.74) is 1.74. The minimum absolute atomic E-state index is 0.0831. The highest BCUT2D eigenvalue weighted by Crippen LogP contribution is 2.16. The molecule has 0 bridgehead atoms. The van der Waals surface area contributed by atoms with Gasteiger partial charge in [-0.3, -0.25) is 4.79 Å². The molecule has 3 heteroatoms. The normalized spacial score (nSPS) is 12.2. The molecule has 3 nitrogen and oxygen atoms in total. The first-order valence-corrected chi connectivity index (χ1v) is 6.00. The van der Waals surface area contributed by atoms with E-state index in [9.17, 15) is 4.79 Å². The van der Waals surface area contributed by atoms with Gasteiger partial charge in [0, 0.05) is 5.56 Å². The topological polar surface area (TPSA) is 42.2 Å². The van der Waals surface area contributed by atoms with Gasteiger partial charge >= 0.3 is 0 Å². The molecule has 0 aliphatic heterocycles. The van der Waals surface area contributed by atoms with E-state index in [2.05, 4.69) is 5.32 Å². The molecule has 18 heavy (non-hydrogen) atoms. The van der Waals surface area contributed by atoms with Crippen LogP contribution in [-0.4, -0.2) is 5.91 Å². The van der Waals surface area contributed by atoms with Crippen molar-refractivity contribution in [2.24, 2.45) is 0 Å². The largest absolute Gasteiger partial charge is 0.464 e. The molecule has 0 saturated carbocycles. The summed E-state index contributed by atoms with van der Waals surface area (Å²) >= 11 is 0. The summed E-state index contributed by atoms with van der Waals surface area (Å²) < 4.78 is 5.49. The average Bonchev–Trinajstić information content (AvgIpc) is 2.76. The molecule has 1 aromatic heterocycles. The van der Waals surface area contributed by atoms with Gasteiger partial charge in [-0.2, -0.15) is 0 Å². The van der Waals surface area contributed by atoms with Gasteiger partial charge in [0.25, 0.3) is 5.91 Å². The fraction of sp³-hybridized carbons (Fsp3) is 0.267. The first-order chi connectivity index (χ1) is 8.56. The van der Waals surface area contributed by atoms with Crippen molar-refractivity contribution in [1.82, 2.24) is 5.32 Å². The quantitative estimate of drug-likeness (QED) is 0.897. The van der Waals surface area contributed by atoms with Crippen molar-refractivity contribution in [2.75, 3.05) is 0 Å². The maximum Gasteiger partial charge on any atom is 0.251 e. The van der Waals surface area contributed by atoms with Crippen molar-refractivity contribution in [2.45, 2.75) is 26.8 Å². The minimum Gasteiger partial charge on any atom is -0.464 e. The first-order valence-electron chi connectivity index (χ1n) is 6.00. The van der Waals surface area contributed by atoms with Crippen molar-refractivity contribution in [3.05, 3.63) is 59.0 Å². The maximum atomic E-state index is 12.0. The van der Waals surface area contributed by atoms with Gasteiger partial charge in [-0.15, -0.1) is 0 Å². The maximum absolute atomic E-state index is 12.0. The van der Waals surface area contributed by atoms with E-state index in [4.69, 9.17) is 4.42 Å². The standard InChI is InChI=1S/C15H17NO2/c1-10-5-4-6-13(9-10)15(17)16-12(3)14-8-7-11(2)18-14/h4-9,12H,1-3H3,(H,16,17). The predicted molar refractivity (Wildman–Crippen MR) is 70.5 cm³/mol. The van der Waals surface area contributed by atoms with E-state index in [1.165, 1.54) is 0 Å². The summed E-state index contributed by atoms with van der Waals surface area (Å²) in [6.45, 7) is 5.76. The lowest BCUT2D eigenvalue weighted by Gasteiger charge is -2.11. The summed E-state index contributed by atoms with van der Waals surface area (Å²) in [6, 6.07) is 11.2. The van der Waals surface area contributed by atoms with Crippen LogP contribution in [0.2, 0.25) is 0 Å². The first kappa shape index (κ1) is 12.4. The molecule has 2 rings (SSSR count). The third-order valence-corrected chi connectivity index (χ3v) is 2.82. The summed E-state index contributed by atoms with van der Waals surface area (Å²) in [5, 5.41) is 2.92. The Labute approximate surface area is 107 Å². The van der Waals surface area contributed by atoms with E-state index in [0.29, 0.717) is 5.56 Å². The van der Waals surface area contributed by atoms with Gasteiger partial charge in [-0.05, 0) is 45.0 Å². The minimum atomic E-state index is -0.133. The molecule has 1 unspecified atom stereocenters. The van der Waals surface area contributed by atoms with Gasteiger partial charge in [0.05, 0.1) is 6.04 Å². The van der Waals surface area contributed by atoms with Crippen LogP contribution in [0.1, 0.15) is 40.4 Å². The van der Waals surface area contributed by atoms with Crippen LogP contribution >= 0.6 is 0 Å². The van der Waals surface area contributed by atoms with Crippen LogP contribution in [0.5, 0.6) is 0 Å². The smallest absolute Gasteiger partial charge is 0.251 e. The molecule has 0 fully saturated rings. The van der Waals surface area contributed by atoms with Crippen LogP contribution in [-0.2, 0) is 0 Å². The van der Waals surface area contributed by atoms with Gasteiger partial charge in [0.1, 0.15) is 11.5 Å². The molecule has 94 valence electrons. The van der Waals surface area contributed by atoms with Crippen molar-refractivity contribution >= 4 is 5.91 Å². The van der Waals surface area contributed by atoms with Crippen molar-refractivity contribution < 1.29 is 9.21 Å². The Morgan fingerprint density at radius 3 is 2.61 bits per heavy atom. The Hall–Kier alpha value is -2.03. The molecule has 0 saturated heterocycles. The molecule has 1 aromatic carbocycles. The molecule has 2 aromatic rings. The molecular weight excluding hydrogens is 226 g/mol. The molecule has 0 radical (unpaired) electrons. The molecule has 0 spiro atoms. The predicted octanol–water partition coefficient (Wildman–Crippen LogP) is 3.39. The van der Waals surface area contributed by atoms with Crippen molar-refractivity contribution in [3.8, 4) is 0 Å². The zero-order chi connectivity index (χ0) is 13.1. The van der Waals surface area contributed by atoms with Crippen molar-refractivity contribution in [1.29, 1.82) is 0 Å². The number of carbonyl (C=O) groups is 1. The molecule has 1 atom stereocenters. The molecular formula is C15H17NO2. The SMILES string of the molecule is Cc1cccc(C(=O)NC(C)c2ccc(C)o2)c1. The zero-order valence-electron chi connectivity index (χ0n) is 10.9. The Bertz CT molecular complexity index is 557.